The summed E-state index contributed by atoms with van der Waals surface area (Å²) in [4.78, 5) is 11.9. The Morgan fingerprint density at radius 2 is 2.17 bits per heavy atom. The second-order valence-electron chi connectivity index (χ2n) is 4.81. The highest BCUT2D eigenvalue weighted by atomic mass is 19.1. The van der Waals surface area contributed by atoms with Gasteiger partial charge in [-0.1, -0.05) is 18.2 Å². The van der Waals surface area contributed by atoms with Gasteiger partial charge in [-0.3, -0.25) is 4.79 Å². The molecule has 0 spiro atoms. The van der Waals surface area contributed by atoms with Crippen LogP contribution in [0.1, 0.15) is 18.4 Å². The Labute approximate surface area is 106 Å². The van der Waals surface area contributed by atoms with E-state index in [1.807, 2.05) is 0 Å². The summed E-state index contributed by atoms with van der Waals surface area (Å²) >= 11 is 0. The molecular weight excluding hydrogens is 233 g/mol. The molecule has 98 valence electrons. The first-order valence-corrected chi connectivity index (χ1v) is 6.19. The van der Waals surface area contributed by atoms with E-state index in [1.165, 1.54) is 6.07 Å². The fraction of sp³-hybridized carbons (Fsp3) is 0.500. The van der Waals surface area contributed by atoms with Crippen LogP contribution in [0.5, 0.6) is 0 Å². The summed E-state index contributed by atoms with van der Waals surface area (Å²) in [5.41, 5.74) is 0.318. The second kappa shape index (κ2) is 5.48. The summed E-state index contributed by atoms with van der Waals surface area (Å²) < 4.78 is 18.4. The van der Waals surface area contributed by atoms with Crippen molar-refractivity contribution < 1.29 is 13.9 Å². The minimum Gasteiger partial charge on any atom is -0.384 e. The van der Waals surface area contributed by atoms with Crippen LogP contribution in [-0.2, 0) is 16.0 Å². The number of amides is 1. The molecule has 1 saturated carbocycles. The monoisotopic (exact) mass is 251 g/mol. The van der Waals surface area contributed by atoms with Crippen molar-refractivity contribution in [3.05, 3.63) is 35.6 Å². The first-order chi connectivity index (χ1) is 8.68. The van der Waals surface area contributed by atoms with Crippen LogP contribution in [0.2, 0.25) is 0 Å². The summed E-state index contributed by atoms with van der Waals surface area (Å²) in [7, 11) is 1.60. The van der Waals surface area contributed by atoms with Crippen LogP contribution >= 0.6 is 0 Å². The van der Waals surface area contributed by atoms with E-state index in [4.69, 9.17) is 4.74 Å². The number of rotatable bonds is 6. The molecule has 1 fully saturated rings. The van der Waals surface area contributed by atoms with Crippen LogP contribution in [0, 0.1) is 11.2 Å². The number of nitrogens with one attached hydrogen (secondary N) is 1. The van der Waals surface area contributed by atoms with Gasteiger partial charge < -0.3 is 10.1 Å². The highest BCUT2D eigenvalue weighted by Gasteiger charge is 2.49. The lowest BCUT2D eigenvalue weighted by Crippen LogP contribution is -2.35. The van der Waals surface area contributed by atoms with E-state index in [2.05, 4.69) is 5.32 Å². The maximum Gasteiger partial charge on any atom is 0.228 e. The number of ether oxygens (including phenoxy) is 1. The normalized spacial score (nSPS) is 16.3. The third-order valence-corrected chi connectivity index (χ3v) is 3.39. The third-order valence-electron chi connectivity index (χ3n) is 3.39. The molecule has 0 aromatic heterocycles. The maximum absolute atomic E-state index is 13.3. The molecular formula is C14H18FNO2. The zero-order valence-corrected chi connectivity index (χ0v) is 10.5. The Morgan fingerprint density at radius 1 is 1.44 bits per heavy atom. The number of methoxy groups -OCH3 is 1. The third kappa shape index (κ3) is 2.88. The molecule has 0 heterocycles. The van der Waals surface area contributed by atoms with Crippen molar-refractivity contribution in [2.24, 2.45) is 5.41 Å². The van der Waals surface area contributed by atoms with Gasteiger partial charge in [-0.25, -0.2) is 4.39 Å². The highest BCUT2D eigenvalue weighted by Crippen LogP contribution is 2.45. The molecule has 0 unspecified atom stereocenters. The van der Waals surface area contributed by atoms with E-state index in [0.29, 0.717) is 25.1 Å². The molecule has 2 rings (SSSR count). The van der Waals surface area contributed by atoms with Gasteiger partial charge >= 0.3 is 0 Å². The average molecular weight is 251 g/mol. The zero-order valence-electron chi connectivity index (χ0n) is 10.5. The Morgan fingerprint density at radius 3 is 2.78 bits per heavy atom. The molecule has 1 aliphatic carbocycles. The van der Waals surface area contributed by atoms with Crippen molar-refractivity contribution in [3.8, 4) is 0 Å². The standard InChI is InChI=1S/C14H18FNO2/c1-18-10-14(7-8-14)13(17)16-9-6-11-4-2-3-5-12(11)15/h2-5H,6-10H2,1H3,(H,16,17). The van der Waals surface area contributed by atoms with E-state index >= 15 is 0 Å². The number of hydrogen-bond donors (Lipinski definition) is 1. The van der Waals surface area contributed by atoms with E-state index in [-0.39, 0.29) is 17.1 Å². The molecule has 3 nitrogen and oxygen atoms in total. The van der Waals surface area contributed by atoms with Crippen molar-refractivity contribution in [2.45, 2.75) is 19.3 Å². The molecule has 1 aromatic rings. The summed E-state index contributed by atoms with van der Waals surface area (Å²) in [6, 6.07) is 6.64. The first kappa shape index (κ1) is 13.0. The quantitative estimate of drug-likeness (QED) is 0.838. The summed E-state index contributed by atoms with van der Waals surface area (Å²) in [6.45, 7) is 0.934. The van der Waals surface area contributed by atoms with Gasteiger partial charge in [0.2, 0.25) is 5.91 Å². The van der Waals surface area contributed by atoms with Crippen molar-refractivity contribution in [3.63, 3.8) is 0 Å². The molecule has 1 amide bonds. The Kier molecular flexibility index (Phi) is 3.97. The lowest BCUT2D eigenvalue weighted by Gasteiger charge is -2.14. The molecule has 18 heavy (non-hydrogen) atoms. The molecule has 0 radical (unpaired) electrons. The van der Waals surface area contributed by atoms with Crippen molar-refractivity contribution >= 4 is 5.91 Å². The molecule has 4 heteroatoms. The lowest BCUT2D eigenvalue weighted by molar-refractivity contribution is -0.128. The van der Waals surface area contributed by atoms with Crippen LogP contribution in [0.4, 0.5) is 4.39 Å². The summed E-state index contributed by atoms with van der Waals surface area (Å²) in [6.07, 6.45) is 2.28. The number of carbonyl (C=O) groups excluding carboxylic acids is 1. The Hall–Kier alpha value is -1.42. The van der Waals surface area contributed by atoms with Gasteiger partial charge in [0.15, 0.2) is 0 Å². The maximum atomic E-state index is 13.3. The van der Waals surface area contributed by atoms with Gasteiger partial charge in [0, 0.05) is 13.7 Å². The average Bonchev–Trinajstić information content (AvgIpc) is 3.13. The molecule has 1 N–H and O–H groups in total. The summed E-state index contributed by atoms with van der Waals surface area (Å²) in [5.74, 6) is -0.189. The minimum atomic E-state index is -0.315. The van der Waals surface area contributed by atoms with Gasteiger partial charge in [0.25, 0.3) is 0 Å². The van der Waals surface area contributed by atoms with Gasteiger partial charge in [0.05, 0.1) is 12.0 Å². The fourth-order valence-corrected chi connectivity index (χ4v) is 2.06. The second-order valence-corrected chi connectivity index (χ2v) is 4.81. The van der Waals surface area contributed by atoms with Crippen LogP contribution in [0.15, 0.2) is 24.3 Å². The fourth-order valence-electron chi connectivity index (χ4n) is 2.06. The van der Waals surface area contributed by atoms with Crippen LogP contribution in [0.25, 0.3) is 0 Å². The topological polar surface area (TPSA) is 38.3 Å². The molecule has 0 aliphatic heterocycles. The van der Waals surface area contributed by atoms with Crippen molar-refractivity contribution in [1.29, 1.82) is 0 Å². The molecule has 0 saturated heterocycles. The number of carbonyl (C=O) groups is 1. The van der Waals surface area contributed by atoms with Gasteiger partial charge in [-0.05, 0) is 30.9 Å². The van der Waals surface area contributed by atoms with E-state index in [1.54, 1.807) is 25.3 Å². The Bertz CT molecular complexity index is 430. The molecule has 1 aromatic carbocycles. The smallest absolute Gasteiger partial charge is 0.228 e. The van der Waals surface area contributed by atoms with Crippen molar-refractivity contribution in [1.82, 2.24) is 5.32 Å². The van der Waals surface area contributed by atoms with Crippen LogP contribution < -0.4 is 5.32 Å². The first-order valence-electron chi connectivity index (χ1n) is 6.19. The highest BCUT2D eigenvalue weighted by molar-refractivity contribution is 5.85. The predicted octanol–water partition coefficient (Wildman–Crippen LogP) is 1.91. The van der Waals surface area contributed by atoms with E-state index in [0.717, 1.165) is 12.8 Å². The van der Waals surface area contributed by atoms with Gasteiger partial charge in [-0.15, -0.1) is 0 Å². The van der Waals surface area contributed by atoms with E-state index < -0.39 is 0 Å². The van der Waals surface area contributed by atoms with Gasteiger partial charge in [-0.2, -0.15) is 0 Å². The number of hydrogen-bond acceptors (Lipinski definition) is 2. The SMILES string of the molecule is COCC1(C(=O)NCCc2ccccc2F)CC1. The molecule has 1 aliphatic rings. The lowest BCUT2D eigenvalue weighted by atomic mass is 10.1. The predicted molar refractivity (Wildman–Crippen MR) is 66.7 cm³/mol. The Balaban J connectivity index is 1.79. The molecule has 0 bridgehead atoms. The largest absolute Gasteiger partial charge is 0.384 e. The van der Waals surface area contributed by atoms with Crippen LogP contribution in [0.3, 0.4) is 0 Å². The number of benzene rings is 1. The zero-order chi connectivity index (χ0) is 13.0. The van der Waals surface area contributed by atoms with Crippen molar-refractivity contribution in [2.75, 3.05) is 20.3 Å². The minimum absolute atomic E-state index is 0.0284. The van der Waals surface area contributed by atoms with E-state index in [9.17, 15) is 9.18 Å². The van der Waals surface area contributed by atoms with Crippen LogP contribution in [-0.4, -0.2) is 26.2 Å². The summed E-state index contributed by atoms with van der Waals surface area (Å²) in [5, 5.41) is 2.86. The van der Waals surface area contributed by atoms with Gasteiger partial charge in [0.1, 0.15) is 5.82 Å². The number of halogens is 1. The molecule has 0 atom stereocenters.